The van der Waals surface area contributed by atoms with Gasteiger partial charge in [-0.1, -0.05) is 23.7 Å². The van der Waals surface area contributed by atoms with Crippen molar-refractivity contribution in [3.05, 3.63) is 34.9 Å². The van der Waals surface area contributed by atoms with Crippen molar-refractivity contribution in [2.24, 2.45) is 0 Å². The molecule has 1 heterocycles. The molecule has 1 nitrogen and oxygen atoms in total. The maximum atomic E-state index is 13.3. The van der Waals surface area contributed by atoms with Crippen LogP contribution in [0.15, 0.2) is 24.3 Å². The molecule has 0 spiro atoms. The Bertz CT molecular complexity index is 362. The van der Waals surface area contributed by atoms with E-state index in [-0.39, 0.29) is 0 Å². The summed E-state index contributed by atoms with van der Waals surface area (Å²) < 4.78 is 26.6. The summed E-state index contributed by atoms with van der Waals surface area (Å²) in [6.45, 7) is 1.27. The quantitative estimate of drug-likeness (QED) is 0.844. The highest BCUT2D eigenvalue weighted by Gasteiger charge is 2.42. The van der Waals surface area contributed by atoms with Gasteiger partial charge in [0, 0.05) is 5.02 Å². The standard InChI is InChI=1S/C12H14ClF2N/c13-10-3-1-2-9(8-10)12(11(14)15)4-6-16-7-5-12/h1-3,8,11,16H,4-7H2. The van der Waals surface area contributed by atoms with E-state index in [1.165, 1.54) is 0 Å². The smallest absolute Gasteiger partial charge is 0.248 e. The van der Waals surface area contributed by atoms with Gasteiger partial charge < -0.3 is 5.32 Å². The topological polar surface area (TPSA) is 12.0 Å². The first-order valence-electron chi connectivity index (χ1n) is 5.40. The number of nitrogens with one attached hydrogen (secondary N) is 1. The lowest BCUT2D eigenvalue weighted by molar-refractivity contribution is 0.0296. The molecule has 1 aromatic rings. The van der Waals surface area contributed by atoms with Crippen LogP contribution in [-0.4, -0.2) is 19.5 Å². The van der Waals surface area contributed by atoms with E-state index in [9.17, 15) is 8.78 Å². The Morgan fingerprint density at radius 3 is 2.50 bits per heavy atom. The first kappa shape index (κ1) is 11.8. The molecule has 0 aliphatic carbocycles. The van der Waals surface area contributed by atoms with Gasteiger partial charge >= 0.3 is 0 Å². The molecule has 0 atom stereocenters. The lowest BCUT2D eigenvalue weighted by atomic mass is 9.73. The van der Waals surface area contributed by atoms with E-state index in [2.05, 4.69) is 5.32 Å². The average Bonchev–Trinajstić information content (AvgIpc) is 2.30. The molecule has 1 aromatic carbocycles. The minimum Gasteiger partial charge on any atom is -0.317 e. The maximum absolute atomic E-state index is 13.3. The Kier molecular flexibility index (Phi) is 3.45. The summed E-state index contributed by atoms with van der Waals surface area (Å²) >= 11 is 5.87. The maximum Gasteiger partial charge on any atom is 0.248 e. The van der Waals surface area contributed by atoms with Gasteiger partial charge in [-0.25, -0.2) is 8.78 Å². The van der Waals surface area contributed by atoms with Crippen molar-refractivity contribution in [3.8, 4) is 0 Å². The molecule has 88 valence electrons. The number of benzene rings is 1. The van der Waals surface area contributed by atoms with Crippen molar-refractivity contribution in [1.82, 2.24) is 5.32 Å². The van der Waals surface area contributed by atoms with Gasteiger partial charge in [0.05, 0.1) is 5.41 Å². The second-order valence-corrected chi connectivity index (χ2v) is 4.65. The molecule has 1 aliphatic rings. The zero-order valence-corrected chi connectivity index (χ0v) is 9.61. The SMILES string of the molecule is FC(F)C1(c2cccc(Cl)c2)CCNCC1. The number of hydrogen-bond acceptors (Lipinski definition) is 1. The minimum absolute atomic E-state index is 0.463. The van der Waals surface area contributed by atoms with Gasteiger partial charge in [0.25, 0.3) is 0 Å². The predicted octanol–water partition coefficient (Wildman–Crippen LogP) is 3.23. The summed E-state index contributed by atoms with van der Waals surface area (Å²) in [4.78, 5) is 0. The van der Waals surface area contributed by atoms with E-state index in [1.807, 2.05) is 0 Å². The van der Waals surface area contributed by atoms with Gasteiger partial charge in [-0.15, -0.1) is 0 Å². The van der Waals surface area contributed by atoms with E-state index >= 15 is 0 Å². The van der Waals surface area contributed by atoms with Crippen LogP contribution in [-0.2, 0) is 5.41 Å². The first-order valence-corrected chi connectivity index (χ1v) is 5.78. The third kappa shape index (κ3) is 2.06. The van der Waals surface area contributed by atoms with Crippen LogP contribution < -0.4 is 5.32 Å². The zero-order valence-electron chi connectivity index (χ0n) is 8.85. The monoisotopic (exact) mass is 245 g/mol. The van der Waals surface area contributed by atoms with E-state index in [1.54, 1.807) is 24.3 Å². The second kappa shape index (κ2) is 4.68. The van der Waals surface area contributed by atoms with Crippen LogP contribution in [0, 0.1) is 0 Å². The van der Waals surface area contributed by atoms with Gasteiger partial charge in [-0.2, -0.15) is 0 Å². The van der Waals surface area contributed by atoms with Crippen LogP contribution in [0.5, 0.6) is 0 Å². The molecule has 2 rings (SSSR count). The summed E-state index contributed by atoms with van der Waals surface area (Å²) in [5, 5.41) is 3.64. The highest BCUT2D eigenvalue weighted by molar-refractivity contribution is 6.30. The highest BCUT2D eigenvalue weighted by Crippen LogP contribution is 2.39. The van der Waals surface area contributed by atoms with E-state index in [4.69, 9.17) is 11.6 Å². The lowest BCUT2D eigenvalue weighted by Crippen LogP contribution is -2.44. The van der Waals surface area contributed by atoms with E-state index < -0.39 is 11.8 Å². The van der Waals surface area contributed by atoms with Crippen LogP contribution in [0.1, 0.15) is 18.4 Å². The molecule has 0 unspecified atom stereocenters. The highest BCUT2D eigenvalue weighted by atomic mass is 35.5. The third-order valence-corrected chi connectivity index (χ3v) is 3.55. The fourth-order valence-corrected chi connectivity index (χ4v) is 2.49. The predicted molar refractivity (Wildman–Crippen MR) is 61.2 cm³/mol. The van der Waals surface area contributed by atoms with E-state index in [0.29, 0.717) is 36.5 Å². The zero-order chi connectivity index (χ0) is 11.6. The summed E-state index contributed by atoms with van der Waals surface area (Å²) in [7, 11) is 0. The Morgan fingerprint density at radius 1 is 1.25 bits per heavy atom. The Labute approximate surface area is 98.8 Å². The van der Waals surface area contributed by atoms with Crippen LogP contribution in [0.3, 0.4) is 0 Å². The van der Waals surface area contributed by atoms with Crippen LogP contribution in [0.25, 0.3) is 0 Å². The van der Waals surface area contributed by atoms with Gasteiger partial charge in [0.2, 0.25) is 6.43 Å². The third-order valence-electron chi connectivity index (χ3n) is 3.31. The number of hydrogen-bond donors (Lipinski definition) is 1. The molecule has 0 bridgehead atoms. The molecule has 0 aromatic heterocycles. The fourth-order valence-electron chi connectivity index (χ4n) is 2.30. The molecule has 1 aliphatic heterocycles. The van der Waals surface area contributed by atoms with Crippen LogP contribution >= 0.6 is 11.6 Å². The van der Waals surface area contributed by atoms with Crippen molar-refractivity contribution in [2.45, 2.75) is 24.7 Å². The summed E-state index contributed by atoms with van der Waals surface area (Å²) in [6.07, 6.45) is -1.41. The lowest BCUT2D eigenvalue weighted by Gasteiger charge is -2.37. The fraction of sp³-hybridized carbons (Fsp3) is 0.500. The normalized spacial score (nSPS) is 20.0. The average molecular weight is 246 g/mol. The van der Waals surface area contributed by atoms with Crippen LogP contribution in [0.4, 0.5) is 8.78 Å². The first-order chi connectivity index (χ1) is 7.65. The molecule has 0 amide bonds. The molecule has 16 heavy (non-hydrogen) atoms. The number of rotatable bonds is 2. The summed E-state index contributed by atoms with van der Waals surface area (Å²) in [6, 6.07) is 6.87. The number of alkyl halides is 2. The van der Waals surface area contributed by atoms with Gasteiger partial charge in [0.1, 0.15) is 0 Å². The van der Waals surface area contributed by atoms with Crippen molar-refractivity contribution in [2.75, 3.05) is 13.1 Å². The molecular weight excluding hydrogens is 232 g/mol. The van der Waals surface area contributed by atoms with Crippen molar-refractivity contribution in [3.63, 3.8) is 0 Å². The minimum atomic E-state index is -2.34. The largest absolute Gasteiger partial charge is 0.317 e. The molecular formula is C12H14ClF2N. The summed E-state index contributed by atoms with van der Waals surface area (Å²) in [5.74, 6) is 0. The number of halogens is 3. The Hall–Kier alpha value is -0.670. The Morgan fingerprint density at radius 2 is 1.94 bits per heavy atom. The molecule has 0 saturated carbocycles. The number of piperidine rings is 1. The van der Waals surface area contributed by atoms with Crippen LogP contribution in [0.2, 0.25) is 5.02 Å². The van der Waals surface area contributed by atoms with Gasteiger partial charge in [-0.3, -0.25) is 0 Å². The van der Waals surface area contributed by atoms with Crippen molar-refractivity contribution in [1.29, 1.82) is 0 Å². The molecule has 1 saturated heterocycles. The van der Waals surface area contributed by atoms with Crippen molar-refractivity contribution < 1.29 is 8.78 Å². The Balaban J connectivity index is 2.38. The molecule has 1 N–H and O–H groups in total. The molecule has 0 radical (unpaired) electrons. The van der Waals surface area contributed by atoms with E-state index in [0.717, 1.165) is 0 Å². The van der Waals surface area contributed by atoms with Crippen molar-refractivity contribution >= 4 is 11.6 Å². The van der Waals surface area contributed by atoms with Gasteiger partial charge in [-0.05, 0) is 43.6 Å². The second-order valence-electron chi connectivity index (χ2n) is 4.22. The summed E-state index contributed by atoms with van der Waals surface area (Å²) in [5.41, 5.74) is -0.354. The van der Waals surface area contributed by atoms with Gasteiger partial charge in [0.15, 0.2) is 0 Å². The molecule has 4 heteroatoms. The molecule has 1 fully saturated rings.